The van der Waals surface area contributed by atoms with Crippen molar-refractivity contribution < 1.29 is 5.21 Å². The van der Waals surface area contributed by atoms with E-state index in [1.807, 2.05) is 18.2 Å². The van der Waals surface area contributed by atoms with Crippen molar-refractivity contribution in [3.8, 4) is 0 Å². The molecule has 0 fully saturated rings. The van der Waals surface area contributed by atoms with Crippen LogP contribution in [0.25, 0.3) is 0 Å². The second kappa shape index (κ2) is 4.11. The Hall–Kier alpha value is -0.870. The summed E-state index contributed by atoms with van der Waals surface area (Å²) in [6.45, 7) is 0.612. The number of amidine groups is 1. The zero-order chi connectivity index (χ0) is 9.97. The maximum Gasteiger partial charge on any atom is 0.152 e. The van der Waals surface area contributed by atoms with E-state index in [2.05, 4.69) is 10.5 Å². The minimum atomic E-state index is 0.585. The highest BCUT2D eigenvalue weighted by molar-refractivity contribution is 8.00. The second-order valence-corrected chi connectivity index (χ2v) is 4.33. The Balaban J connectivity index is 2.34. The lowest BCUT2D eigenvalue weighted by Crippen LogP contribution is -2.23. The summed E-state index contributed by atoms with van der Waals surface area (Å²) in [4.78, 5) is 1.14. The Bertz CT molecular complexity index is 381. The molecule has 14 heavy (non-hydrogen) atoms. The van der Waals surface area contributed by atoms with Crippen LogP contribution in [-0.4, -0.2) is 16.8 Å². The summed E-state index contributed by atoms with van der Waals surface area (Å²) in [7, 11) is 0. The van der Waals surface area contributed by atoms with Gasteiger partial charge in [-0.25, -0.2) is 0 Å². The molecule has 1 aliphatic rings. The number of benzene rings is 1. The van der Waals surface area contributed by atoms with Gasteiger partial charge in [-0.05, 0) is 12.1 Å². The first-order chi connectivity index (χ1) is 6.81. The molecule has 0 aromatic heterocycles. The quantitative estimate of drug-likeness (QED) is 0.529. The molecule has 0 spiro atoms. The zero-order valence-corrected chi connectivity index (χ0v) is 8.90. The number of halogens is 1. The van der Waals surface area contributed by atoms with Crippen molar-refractivity contribution in [2.75, 3.05) is 5.75 Å². The normalized spacial score (nSPS) is 18.5. The SMILES string of the molecule is O/N=C1\CSc2cccc(Cl)c2CN1. The summed E-state index contributed by atoms with van der Waals surface area (Å²) in [5.41, 5.74) is 1.07. The van der Waals surface area contributed by atoms with Gasteiger partial charge in [0.2, 0.25) is 0 Å². The first-order valence-corrected chi connectivity index (χ1v) is 5.52. The maximum absolute atomic E-state index is 8.64. The fourth-order valence-electron chi connectivity index (χ4n) is 1.30. The van der Waals surface area contributed by atoms with Crippen LogP contribution in [0.2, 0.25) is 5.02 Å². The van der Waals surface area contributed by atoms with Crippen LogP contribution in [-0.2, 0) is 6.54 Å². The first-order valence-electron chi connectivity index (χ1n) is 4.16. The van der Waals surface area contributed by atoms with Crippen molar-refractivity contribution in [1.82, 2.24) is 5.32 Å². The number of nitrogens with zero attached hydrogens (tertiary/aromatic N) is 1. The van der Waals surface area contributed by atoms with Gasteiger partial charge in [-0.1, -0.05) is 22.8 Å². The van der Waals surface area contributed by atoms with E-state index in [0.29, 0.717) is 18.1 Å². The van der Waals surface area contributed by atoms with Gasteiger partial charge < -0.3 is 10.5 Å². The van der Waals surface area contributed by atoms with E-state index in [-0.39, 0.29) is 0 Å². The van der Waals surface area contributed by atoms with E-state index in [4.69, 9.17) is 16.8 Å². The van der Waals surface area contributed by atoms with Crippen LogP contribution >= 0.6 is 23.4 Å². The molecule has 0 unspecified atom stereocenters. The largest absolute Gasteiger partial charge is 0.409 e. The average Bonchev–Trinajstić information content (AvgIpc) is 2.41. The van der Waals surface area contributed by atoms with Gasteiger partial charge in [0.15, 0.2) is 5.84 Å². The number of hydrogen-bond donors (Lipinski definition) is 2. The predicted molar refractivity (Wildman–Crippen MR) is 58.2 cm³/mol. The third kappa shape index (κ3) is 1.81. The summed E-state index contributed by atoms with van der Waals surface area (Å²) >= 11 is 7.67. The number of rotatable bonds is 0. The maximum atomic E-state index is 8.64. The van der Waals surface area contributed by atoms with Crippen LogP contribution in [0, 0.1) is 0 Å². The Morgan fingerprint density at radius 3 is 3.14 bits per heavy atom. The molecule has 0 amide bonds. The van der Waals surface area contributed by atoms with Crippen molar-refractivity contribution in [3.63, 3.8) is 0 Å². The molecule has 0 aliphatic carbocycles. The highest BCUT2D eigenvalue weighted by Gasteiger charge is 2.13. The van der Waals surface area contributed by atoms with Crippen molar-refractivity contribution in [1.29, 1.82) is 0 Å². The fraction of sp³-hybridized carbons (Fsp3) is 0.222. The molecule has 3 nitrogen and oxygen atoms in total. The lowest BCUT2D eigenvalue weighted by molar-refractivity contribution is 0.316. The molecule has 74 valence electrons. The van der Waals surface area contributed by atoms with Crippen LogP contribution in [0.3, 0.4) is 0 Å². The lowest BCUT2D eigenvalue weighted by Gasteiger charge is -2.05. The molecule has 2 rings (SSSR count). The second-order valence-electron chi connectivity index (χ2n) is 2.91. The standard InChI is InChI=1S/C9H9ClN2OS/c10-7-2-1-3-8-6(7)4-11-9(12-13)5-14-8/h1-3,13H,4-5H2,(H,11,12). The molecule has 0 radical (unpaired) electrons. The monoisotopic (exact) mass is 228 g/mol. The highest BCUT2D eigenvalue weighted by atomic mass is 35.5. The van der Waals surface area contributed by atoms with Crippen LogP contribution in [0.5, 0.6) is 0 Å². The van der Waals surface area contributed by atoms with Gasteiger partial charge in [0.1, 0.15) is 0 Å². The van der Waals surface area contributed by atoms with Gasteiger partial charge >= 0.3 is 0 Å². The average molecular weight is 229 g/mol. The van der Waals surface area contributed by atoms with E-state index in [1.165, 1.54) is 0 Å². The Morgan fingerprint density at radius 2 is 2.36 bits per heavy atom. The fourth-order valence-corrected chi connectivity index (χ4v) is 2.58. The van der Waals surface area contributed by atoms with E-state index in [1.54, 1.807) is 11.8 Å². The molecule has 1 aromatic carbocycles. The van der Waals surface area contributed by atoms with E-state index < -0.39 is 0 Å². The van der Waals surface area contributed by atoms with Crippen LogP contribution in [0.15, 0.2) is 28.3 Å². The topological polar surface area (TPSA) is 44.6 Å². The molecule has 0 bridgehead atoms. The molecule has 1 heterocycles. The Morgan fingerprint density at radius 1 is 1.50 bits per heavy atom. The number of nitrogens with one attached hydrogen (secondary N) is 1. The van der Waals surface area contributed by atoms with E-state index >= 15 is 0 Å². The van der Waals surface area contributed by atoms with Crippen molar-refractivity contribution in [3.05, 3.63) is 28.8 Å². The smallest absolute Gasteiger partial charge is 0.152 e. The summed E-state index contributed by atoms with van der Waals surface area (Å²) < 4.78 is 0. The molecule has 0 saturated heterocycles. The summed E-state index contributed by atoms with van der Waals surface area (Å²) in [6.07, 6.45) is 0. The van der Waals surface area contributed by atoms with Crippen molar-refractivity contribution >= 4 is 29.2 Å². The number of hydrogen-bond acceptors (Lipinski definition) is 3. The number of thioether (sulfide) groups is 1. The van der Waals surface area contributed by atoms with Crippen LogP contribution in [0.1, 0.15) is 5.56 Å². The van der Waals surface area contributed by atoms with E-state index in [9.17, 15) is 0 Å². The van der Waals surface area contributed by atoms with Crippen molar-refractivity contribution in [2.45, 2.75) is 11.4 Å². The highest BCUT2D eigenvalue weighted by Crippen LogP contribution is 2.30. The molecular weight excluding hydrogens is 220 g/mol. The molecule has 2 N–H and O–H groups in total. The first kappa shape index (κ1) is 9.68. The predicted octanol–water partition coefficient (Wildman–Crippen LogP) is 2.32. The van der Waals surface area contributed by atoms with E-state index in [0.717, 1.165) is 15.5 Å². The van der Waals surface area contributed by atoms with Crippen molar-refractivity contribution in [2.24, 2.45) is 5.16 Å². The summed E-state index contributed by atoms with van der Waals surface area (Å²) in [6, 6.07) is 5.81. The van der Waals surface area contributed by atoms with Gasteiger partial charge in [-0.15, -0.1) is 11.8 Å². The molecule has 0 saturated carbocycles. The molecule has 1 aliphatic heterocycles. The van der Waals surface area contributed by atoms with Gasteiger partial charge in [-0.2, -0.15) is 0 Å². The third-order valence-corrected chi connectivity index (χ3v) is 3.50. The van der Waals surface area contributed by atoms with Gasteiger partial charge in [0.25, 0.3) is 0 Å². The van der Waals surface area contributed by atoms with Crippen LogP contribution in [0.4, 0.5) is 0 Å². The molecule has 5 heteroatoms. The minimum Gasteiger partial charge on any atom is -0.409 e. The molecule has 0 atom stereocenters. The number of oxime groups is 1. The Kier molecular flexibility index (Phi) is 2.84. The lowest BCUT2D eigenvalue weighted by atomic mass is 10.2. The summed E-state index contributed by atoms with van der Waals surface area (Å²) in [5.74, 6) is 1.23. The van der Waals surface area contributed by atoms with Gasteiger partial charge in [0, 0.05) is 22.0 Å². The van der Waals surface area contributed by atoms with Crippen LogP contribution < -0.4 is 5.32 Å². The Labute approximate surface area is 91.1 Å². The molecule has 1 aromatic rings. The number of fused-ring (bicyclic) bond motifs is 1. The van der Waals surface area contributed by atoms with Gasteiger partial charge in [0.05, 0.1) is 5.75 Å². The minimum absolute atomic E-state index is 0.585. The third-order valence-electron chi connectivity index (χ3n) is 2.03. The molecular formula is C9H9ClN2OS. The summed E-state index contributed by atoms with van der Waals surface area (Å²) in [5, 5.41) is 15.6. The van der Waals surface area contributed by atoms with Gasteiger partial charge in [-0.3, -0.25) is 0 Å². The zero-order valence-electron chi connectivity index (χ0n) is 7.33.